The normalized spacial score (nSPS) is 11.1. The number of halogens is 3. The zero-order valence-electron chi connectivity index (χ0n) is 6.76. The van der Waals surface area contributed by atoms with E-state index < -0.39 is 18.8 Å². The molecule has 0 atom stereocenters. The lowest BCUT2D eigenvalue weighted by molar-refractivity contribution is -0.122. The number of amides is 2. The van der Waals surface area contributed by atoms with Crippen molar-refractivity contribution >= 4 is 11.8 Å². The van der Waals surface area contributed by atoms with Gasteiger partial charge in [0.1, 0.15) is 12.8 Å². The third-order valence-electron chi connectivity index (χ3n) is 1.13. The summed E-state index contributed by atoms with van der Waals surface area (Å²) >= 11 is 0. The molecule has 1 heterocycles. The van der Waals surface area contributed by atoms with Gasteiger partial charge < -0.3 is 9.84 Å². The number of hydrogen-bond donors (Lipinski definition) is 2. The molecule has 2 amide bonds. The molecular weight excluding hydrogens is 203 g/mol. The molecule has 78 valence electrons. The standard InChI is InChI=1S/C6H6F3N3O2/c7-6(8,9)3-10-5(13)11-4-1-2-14-12-4/h1-2H,3H2,(H2,10,11,12,13). The zero-order chi connectivity index (χ0) is 10.6. The number of nitrogens with zero attached hydrogens (tertiary/aromatic N) is 1. The Labute approximate surface area is 76.2 Å². The highest BCUT2D eigenvalue weighted by atomic mass is 19.4. The fourth-order valence-electron chi connectivity index (χ4n) is 0.618. The van der Waals surface area contributed by atoms with Gasteiger partial charge in [0.2, 0.25) is 0 Å². The number of urea groups is 1. The van der Waals surface area contributed by atoms with Crippen LogP contribution in [0, 0.1) is 0 Å². The van der Waals surface area contributed by atoms with Crippen molar-refractivity contribution in [2.24, 2.45) is 0 Å². The Morgan fingerprint density at radius 1 is 1.57 bits per heavy atom. The van der Waals surface area contributed by atoms with Crippen molar-refractivity contribution in [2.45, 2.75) is 6.18 Å². The molecule has 2 N–H and O–H groups in total. The summed E-state index contributed by atoms with van der Waals surface area (Å²) in [6, 6.07) is 0.309. The first-order valence-electron chi connectivity index (χ1n) is 3.49. The topological polar surface area (TPSA) is 67.2 Å². The van der Waals surface area contributed by atoms with Crippen molar-refractivity contribution in [2.75, 3.05) is 11.9 Å². The number of hydrogen-bond acceptors (Lipinski definition) is 3. The van der Waals surface area contributed by atoms with Crippen molar-refractivity contribution in [1.82, 2.24) is 10.5 Å². The third-order valence-corrected chi connectivity index (χ3v) is 1.13. The molecule has 1 rings (SSSR count). The second-order valence-electron chi connectivity index (χ2n) is 2.31. The average molecular weight is 209 g/mol. The molecule has 0 unspecified atom stereocenters. The van der Waals surface area contributed by atoms with Crippen LogP contribution in [-0.4, -0.2) is 23.9 Å². The van der Waals surface area contributed by atoms with Gasteiger partial charge in [-0.15, -0.1) is 0 Å². The van der Waals surface area contributed by atoms with Crippen molar-refractivity contribution in [3.63, 3.8) is 0 Å². The number of anilines is 1. The van der Waals surface area contributed by atoms with Crippen LogP contribution < -0.4 is 10.6 Å². The Bertz CT molecular complexity index is 296. The lowest BCUT2D eigenvalue weighted by Crippen LogP contribution is -2.36. The first-order chi connectivity index (χ1) is 6.47. The lowest BCUT2D eigenvalue weighted by atomic mass is 10.6. The zero-order valence-corrected chi connectivity index (χ0v) is 6.76. The first-order valence-corrected chi connectivity index (χ1v) is 3.49. The maximum absolute atomic E-state index is 11.6. The highest BCUT2D eigenvalue weighted by Gasteiger charge is 2.27. The molecule has 0 aliphatic carbocycles. The second-order valence-corrected chi connectivity index (χ2v) is 2.31. The van der Waals surface area contributed by atoms with E-state index in [0.717, 1.165) is 0 Å². The van der Waals surface area contributed by atoms with E-state index >= 15 is 0 Å². The summed E-state index contributed by atoms with van der Waals surface area (Å²) < 4.78 is 39.2. The van der Waals surface area contributed by atoms with Crippen LogP contribution >= 0.6 is 0 Å². The molecule has 0 bridgehead atoms. The molecule has 8 heteroatoms. The Kier molecular flexibility index (Phi) is 2.95. The Balaban J connectivity index is 2.30. The molecule has 1 aromatic rings. The summed E-state index contributed by atoms with van der Waals surface area (Å²) in [5, 5.41) is 6.92. The van der Waals surface area contributed by atoms with Crippen LogP contribution in [0.5, 0.6) is 0 Å². The molecule has 0 aromatic carbocycles. The van der Waals surface area contributed by atoms with E-state index in [-0.39, 0.29) is 5.82 Å². The number of carbonyl (C=O) groups is 1. The van der Waals surface area contributed by atoms with Gasteiger partial charge in [-0.25, -0.2) is 4.79 Å². The van der Waals surface area contributed by atoms with Gasteiger partial charge in [0.15, 0.2) is 5.82 Å². The summed E-state index contributed by atoms with van der Waals surface area (Å²) in [6.07, 6.45) is -3.25. The predicted molar refractivity (Wildman–Crippen MR) is 39.6 cm³/mol. The van der Waals surface area contributed by atoms with Crippen molar-refractivity contribution in [3.05, 3.63) is 12.3 Å². The van der Waals surface area contributed by atoms with Crippen LogP contribution in [0.1, 0.15) is 0 Å². The molecular formula is C6H6F3N3O2. The quantitative estimate of drug-likeness (QED) is 0.772. The minimum absolute atomic E-state index is 0.0460. The number of rotatable bonds is 2. The highest BCUT2D eigenvalue weighted by Crippen LogP contribution is 2.12. The monoisotopic (exact) mass is 209 g/mol. The van der Waals surface area contributed by atoms with Crippen LogP contribution in [0.2, 0.25) is 0 Å². The molecule has 14 heavy (non-hydrogen) atoms. The summed E-state index contributed by atoms with van der Waals surface area (Å²) in [5.74, 6) is 0.0460. The van der Waals surface area contributed by atoms with Crippen molar-refractivity contribution in [1.29, 1.82) is 0 Å². The van der Waals surface area contributed by atoms with Crippen molar-refractivity contribution in [3.8, 4) is 0 Å². The highest BCUT2D eigenvalue weighted by molar-refractivity contribution is 5.87. The van der Waals surface area contributed by atoms with Gasteiger partial charge in [-0.1, -0.05) is 5.16 Å². The van der Waals surface area contributed by atoms with E-state index in [1.165, 1.54) is 12.3 Å². The van der Waals surface area contributed by atoms with E-state index in [1.54, 1.807) is 5.32 Å². The summed E-state index contributed by atoms with van der Waals surface area (Å²) in [7, 11) is 0. The predicted octanol–water partition coefficient (Wildman–Crippen LogP) is 1.36. The molecule has 0 aliphatic heterocycles. The van der Waals surface area contributed by atoms with Crippen LogP contribution in [0.3, 0.4) is 0 Å². The molecule has 0 saturated heterocycles. The SMILES string of the molecule is O=C(NCC(F)(F)F)Nc1ccon1. The van der Waals surface area contributed by atoms with E-state index in [1.807, 2.05) is 5.32 Å². The number of aromatic nitrogens is 1. The minimum Gasteiger partial charge on any atom is -0.363 e. The van der Waals surface area contributed by atoms with Gasteiger partial charge in [-0.2, -0.15) is 13.2 Å². The van der Waals surface area contributed by atoms with E-state index in [9.17, 15) is 18.0 Å². The number of carbonyl (C=O) groups excluding carboxylic acids is 1. The smallest absolute Gasteiger partial charge is 0.363 e. The van der Waals surface area contributed by atoms with Gasteiger partial charge in [0.25, 0.3) is 0 Å². The van der Waals surface area contributed by atoms with Crippen LogP contribution in [-0.2, 0) is 0 Å². The maximum atomic E-state index is 11.6. The van der Waals surface area contributed by atoms with Gasteiger partial charge in [-0.3, -0.25) is 5.32 Å². The van der Waals surface area contributed by atoms with E-state index in [0.29, 0.717) is 0 Å². The molecule has 0 fully saturated rings. The Morgan fingerprint density at radius 3 is 2.79 bits per heavy atom. The second kappa shape index (κ2) is 3.99. The number of nitrogens with one attached hydrogen (secondary N) is 2. The lowest BCUT2D eigenvalue weighted by Gasteiger charge is -2.07. The van der Waals surface area contributed by atoms with Crippen LogP contribution in [0.4, 0.5) is 23.8 Å². The molecule has 5 nitrogen and oxygen atoms in total. The molecule has 1 aromatic heterocycles. The van der Waals surface area contributed by atoms with Crippen molar-refractivity contribution < 1.29 is 22.5 Å². The van der Waals surface area contributed by atoms with Gasteiger partial charge in [0, 0.05) is 6.07 Å². The fraction of sp³-hybridized carbons (Fsp3) is 0.333. The summed E-state index contributed by atoms with van der Waals surface area (Å²) in [5.41, 5.74) is 0. The van der Waals surface area contributed by atoms with Gasteiger partial charge in [0.05, 0.1) is 0 Å². The first kappa shape index (κ1) is 10.4. The molecule has 0 aliphatic rings. The molecule has 0 saturated carbocycles. The number of alkyl halides is 3. The molecule has 0 spiro atoms. The average Bonchev–Trinajstić information content (AvgIpc) is 2.52. The largest absolute Gasteiger partial charge is 0.405 e. The van der Waals surface area contributed by atoms with Crippen LogP contribution in [0.25, 0.3) is 0 Å². The van der Waals surface area contributed by atoms with Gasteiger partial charge >= 0.3 is 12.2 Å². The van der Waals surface area contributed by atoms with Crippen LogP contribution in [0.15, 0.2) is 16.9 Å². The molecule has 0 radical (unpaired) electrons. The van der Waals surface area contributed by atoms with E-state index in [2.05, 4.69) is 9.68 Å². The third kappa shape index (κ3) is 3.78. The maximum Gasteiger partial charge on any atom is 0.405 e. The van der Waals surface area contributed by atoms with E-state index in [4.69, 9.17) is 0 Å². The fourth-order valence-corrected chi connectivity index (χ4v) is 0.618. The minimum atomic E-state index is -4.43. The Hall–Kier alpha value is -1.73. The summed E-state index contributed by atoms with van der Waals surface area (Å²) in [6.45, 7) is -1.39. The summed E-state index contributed by atoms with van der Waals surface area (Å²) in [4.78, 5) is 10.8. The van der Waals surface area contributed by atoms with Gasteiger partial charge in [-0.05, 0) is 0 Å². The Morgan fingerprint density at radius 2 is 2.29 bits per heavy atom.